The molecule has 0 aliphatic heterocycles. The van der Waals surface area contributed by atoms with E-state index in [1.54, 1.807) is 13.0 Å². The molecule has 4 rings (SSSR count). The lowest BCUT2D eigenvalue weighted by atomic mass is 10.0. The second-order valence-corrected chi connectivity index (χ2v) is 6.68. The maximum absolute atomic E-state index is 12.9. The van der Waals surface area contributed by atoms with Gasteiger partial charge in [-0.15, -0.1) is 0 Å². The number of benzene rings is 2. The first kappa shape index (κ1) is 17.1. The lowest BCUT2D eigenvalue weighted by molar-refractivity contribution is 0.0933. The minimum Gasteiger partial charge on any atom is -0.466 e. The quantitative estimate of drug-likeness (QED) is 0.552. The number of hydrogen-bond acceptors (Lipinski definition) is 3. The average molecular weight is 359 g/mol. The van der Waals surface area contributed by atoms with Gasteiger partial charge in [0.2, 0.25) is 0 Å². The fraction of sp³-hybridized carbons (Fsp3) is 0.182. The molecular weight excluding hydrogens is 338 g/mol. The summed E-state index contributed by atoms with van der Waals surface area (Å²) in [7, 11) is 0. The standard InChI is InChI=1S/C22H21N3O2/c1-14-12-17(15(2)27-14)22(26)25-20(13-16-8-4-3-5-9-16)21-23-18-10-6-7-11-19(18)24-21/h3-12,20H,13H2,1-2H3,(H,23,24)(H,25,26)/t20-/m1/s1. The number of rotatable bonds is 5. The summed E-state index contributed by atoms with van der Waals surface area (Å²) in [5.41, 5.74) is 3.52. The van der Waals surface area contributed by atoms with Crippen LogP contribution in [0.15, 0.2) is 65.1 Å². The highest BCUT2D eigenvalue weighted by atomic mass is 16.3. The molecule has 0 unspecified atom stereocenters. The van der Waals surface area contributed by atoms with E-state index in [2.05, 4.69) is 27.4 Å². The summed E-state index contributed by atoms with van der Waals surface area (Å²) < 4.78 is 5.50. The Balaban J connectivity index is 1.67. The molecule has 0 fully saturated rings. The molecule has 136 valence electrons. The Labute approximate surface area is 157 Å². The summed E-state index contributed by atoms with van der Waals surface area (Å²) in [6.07, 6.45) is 0.641. The first-order chi connectivity index (χ1) is 13.1. The number of furan rings is 1. The number of carbonyl (C=O) groups excluding carboxylic acids is 1. The third kappa shape index (κ3) is 3.62. The van der Waals surface area contributed by atoms with Crippen LogP contribution >= 0.6 is 0 Å². The van der Waals surface area contributed by atoms with Gasteiger partial charge < -0.3 is 14.7 Å². The largest absolute Gasteiger partial charge is 0.466 e. The zero-order valence-electron chi connectivity index (χ0n) is 15.3. The fourth-order valence-corrected chi connectivity index (χ4v) is 3.30. The van der Waals surface area contributed by atoms with Crippen molar-refractivity contribution in [3.63, 3.8) is 0 Å². The number of amides is 1. The van der Waals surface area contributed by atoms with Crippen molar-refractivity contribution < 1.29 is 9.21 Å². The van der Waals surface area contributed by atoms with E-state index in [0.29, 0.717) is 17.7 Å². The Hall–Kier alpha value is -3.34. The van der Waals surface area contributed by atoms with Crippen LogP contribution in [0.3, 0.4) is 0 Å². The normalized spacial score (nSPS) is 12.2. The molecule has 0 saturated heterocycles. The van der Waals surface area contributed by atoms with Gasteiger partial charge in [-0.1, -0.05) is 42.5 Å². The van der Waals surface area contributed by atoms with Crippen LogP contribution in [0.25, 0.3) is 11.0 Å². The first-order valence-electron chi connectivity index (χ1n) is 8.96. The molecule has 0 aliphatic carbocycles. The van der Waals surface area contributed by atoms with Gasteiger partial charge in [-0.05, 0) is 44.0 Å². The van der Waals surface area contributed by atoms with E-state index in [1.807, 2.05) is 49.4 Å². The summed E-state index contributed by atoms with van der Waals surface area (Å²) in [5.74, 6) is 1.92. The molecule has 4 aromatic rings. The molecule has 5 heteroatoms. The molecule has 1 atom stereocenters. The van der Waals surface area contributed by atoms with Crippen molar-refractivity contribution in [1.29, 1.82) is 0 Å². The number of carbonyl (C=O) groups is 1. The van der Waals surface area contributed by atoms with Crippen molar-refractivity contribution in [2.75, 3.05) is 0 Å². The van der Waals surface area contributed by atoms with Crippen molar-refractivity contribution in [2.24, 2.45) is 0 Å². The molecule has 1 amide bonds. The van der Waals surface area contributed by atoms with Crippen molar-refractivity contribution >= 4 is 16.9 Å². The molecule has 27 heavy (non-hydrogen) atoms. The summed E-state index contributed by atoms with van der Waals surface area (Å²) in [5, 5.41) is 3.12. The molecule has 2 aromatic carbocycles. The highest BCUT2D eigenvalue weighted by molar-refractivity contribution is 5.95. The van der Waals surface area contributed by atoms with E-state index in [0.717, 1.165) is 28.2 Å². The van der Waals surface area contributed by atoms with E-state index in [1.165, 1.54) is 0 Å². The number of fused-ring (bicyclic) bond motifs is 1. The van der Waals surface area contributed by atoms with Gasteiger partial charge in [0.15, 0.2) is 0 Å². The maximum atomic E-state index is 12.9. The van der Waals surface area contributed by atoms with Gasteiger partial charge in [0, 0.05) is 0 Å². The van der Waals surface area contributed by atoms with Crippen LogP contribution in [-0.2, 0) is 6.42 Å². The molecule has 2 aromatic heterocycles. The number of aromatic amines is 1. The minimum absolute atomic E-state index is 0.161. The van der Waals surface area contributed by atoms with Gasteiger partial charge in [-0.2, -0.15) is 0 Å². The molecule has 0 radical (unpaired) electrons. The minimum atomic E-state index is -0.276. The van der Waals surface area contributed by atoms with Crippen LogP contribution in [0.5, 0.6) is 0 Å². The summed E-state index contributed by atoms with van der Waals surface area (Å²) in [6, 6.07) is 19.4. The topological polar surface area (TPSA) is 70.9 Å². The number of imidazole rings is 1. The molecule has 0 bridgehead atoms. The molecule has 0 saturated carbocycles. The number of H-pyrrole nitrogens is 1. The predicted molar refractivity (Wildman–Crippen MR) is 105 cm³/mol. The molecule has 0 aliphatic rings. The average Bonchev–Trinajstić information content (AvgIpc) is 3.24. The number of nitrogens with one attached hydrogen (secondary N) is 2. The number of nitrogens with zero attached hydrogens (tertiary/aromatic N) is 1. The Morgan fingerprint density at radius 2 is 1.85 bits per heavy atom. The lowest BCUT2D eigenvalue weighted by Gasteiger charge is -2.17. The third-order valence-electron chi connectivity index (χ3n) is 4.61. The molecular formula is C22H21N3O2. The second kappa shape index (κ2) is 7.11. The molecule has 5 nitrogen and oxygen atoms in total. The van der Waals surface area contributed by atoms with Crippen molar-refractivity contribution in [2.45, 2.75) is 26.3 Å². The first-order valence-corrected chi connectivity index (χ1v) is 8.96. The number of aromatic nitrogens is 2. The molecule has 2 heterocycles. The monoisotopic (exact) mass is 359 g/mol. The highest BCUT2D eigenvalue weighted by Gasteiger charge is 2.22. The zero-order chi connectivity index (χ0) is 18.8. The Morgan fingerprint density at radius 3 is 2.56 bits per heavy atom. The second-order valence-electron chi connectivity index (χ2n) is 6.68. The van der Waals surface area contributed by atoms with E-state index in [9.17, 15) is 4.79 Å². The Morgan fingerprint density at radius 1 is 1.11 bits per heavy atom. The van der Waals surface area contributed by atoms with Crippen LogP contribution in [0, 0.1) is 13.8 Å². The summed E-state index contributed by atoms with van der Waals surface area (Å²) in [4.78, 5) is 20.9. The maximum Gasteiger partial charge on any atom is 0.255 e. The van der Waals surface area contributed by atoms with E-state index in [-0.39, 0.29) is 11.9 Å². The molecule has 2 N–H and O–H groups in total. The molecule has 0 spiro atoms. The van der Waals surface area contributed by atoms with Crippen molar-refractivity contribution in [3.8, 4) is 0 Å². The van der Waals surface area contributed by atoms with Gasteiger partial charge in [0.25, 0.3) is 5.91 Å². The van der Waals surface area contributed by atoms with Gasteiger partial charge in [0.05, 0.1) is 22.6 Å². The Kier molecular flexibility index (Phi) is 4.50. The van der Waals surface area contributed by atoms with E-state index >= 15 is 0 Å². The highest BCUT2D eigenvalue weighted by Crippen LogP contribution is 2.21. The van der Waals surface area contributed by atoms with Crippen molar-refractivity contribution in [3.05, 3.63) is 89.1 Å². The summed E-state index contributed by atoms with van der Waals surface area (Å²) in [6.45, 7) is 3.64. The van der Waals surface area contributed by atoms with Gasteiger partial charge in [-0.3, -0.25) is 4.79 Å². The third-order valence-corrected chi connectivity index (χ3v) is 4.61. The van der Waals surface area contributed by atoms with Crippen LogP contribution in [0.2, 0.25) is 0 Å². The van der Waals surface area contributed by atoms with Gasteiger partial charge in [0.1, 0.15) is 17.3 Å². The van der Waals surface area contributed by atoms with E-state index in [4.69, 9.17) is 4.42 Å². The van der Waals surface area contributed by atoms with Gasteiger partial charge in [-0.25, -0.2) is 4.98 Å². The van der Waals surface area contributed by atoms with Gasteiger partial charge >= 0.3 is 0 Å². The predicted octanol–water partition coefficient (Wildman–Crippen LogP) is 4.49. The SMILES string of the molecule is Cc1cc(C(=O)N[C@H](Cc2ccccc2)c2nc3ccccc3[nH]2)c(C)o1. The lowest BCUT2D eigenvalue weighted by Crippen LogP contribution is -2.31. The Bertz CT molecular complexity index is 1050. The summed E-state index contributed by atoms with van der Waals surface area (Å²) >= 11 is 0. The van der Waals surface area contributed by atoms with Crippen LogP contribution < -0.4 is 5.32 Å². The number of aryl methyl sites for hydroxylation is 2. The smallest absolute Gasteiger partial charge is 0.255 e. The van der Waals surface area contributed by atoms with E-state index < -0.39 is 0 Å². The fourth-order valence-electron chi connectivity index (χ4n) is 3.30. The number of para-hydroxylation sites is 2. The van der Waals surface area contributed by atoms with Crippen LogP contribution in [0.4, 0.5) is 0 Å². The van der Waals surface area contributed by atoms with Crippen LogP contribution in [-0.4, -0.2) is 15.9 Å². The number of hydrogen-bond donors (Lipinski definition) is 2. The van der Waals surface area contributed by atoms with Crippen LogP contribution in [0.1, 0.15) is 39.3 Å². The zero-order valence-corrected chi connectivity index (χ0v) is 15.3. The van der Waals surface area contributed by atoms with Crippen molar-refractivity contribution in [1.82, 2.24) is 15.3 Å².